The average molecular weight is 125 g/mol. The van der Waals surface area contributed by atoms with E-state index in [1.54, 1.807) is 0 Å². The lowest BCUT2D eigenvalue weighted by Crippen LogP contribution is -2.20. The molecule has 0 aliphatic carbocycles. The standard InChI is InChI=1S/C4H9F2NO/c1-4(5,6)8-3-2-7/h2-3,7H2,1H3. The highest BCUT2D eigenvalue weighted by molar-refractivity contribution is 4.38. The minimum Gasteiger partial charge on any atom is -0.328 e. The lowest BCUT2D eigenvalue weighted by atomic mass is 10.7. The van der Waals surface area contributed by atoms with Crippen LogP contribution in [-0.4, -0.2) is 19.3 Å². The third-order valence-electron chi connectivity index (χ3n) is 0.473. The Kier molecular flexibility index (Phi) is 2.86. The fourth-order valence-electron chi connectivity index (χ4n) is 0.238. The Bertz CT molecular complexity index is 61.5. The van der Waals surface area contributed by atoms with Gasteiger partial charge in [-0.15, -0.1) is 0 Å². The van der Waals surface area contributed by atoms with Gasteiger partial charge in [-0.2, -0.15) is 8.78 Å². The normalized spacial score (nSPS) is 12.0. The van der Waals surface area contributed by atoms with Gasteiger partial charge >= 0.3 is 6.11 Å². The third kappa shape index (κ3) is 5.78. The molecule has 0 rings (SSSR count). The monoisotopic (exact) mass is 125 g/mol. The summed E-state index contributed by atoms with van der Waals surface area (Å²) in [7, 11) is 0. The van der Waals surface area contributed by atoms with Gasteiger partial charge in [0.15, 0.2) is 0 Å². The van der Waals surface area contributed by atoms with Gasteiger partial charge in [-0.25, -0.2) is 0 Å². The number of alkyl halides is 2. The lowest BCUT2D eigenvalue weighted by molar-refractivity contribution is -0.222. The number of nitrogens with two attached hydrogens (primary N) is 1. The Morgan fingerprint density at radius 1 is 1.62 bits per heavy atom. The summed E-state index contributed by atoms with van der Waals surface area (Å²) in [4.78, 5) is 0. The molecule has 0 aromatic heterocycles. The lowest BCUT2D eigenvalue weighted by Gasteiger charge is -2.08. The van der Waals surface area contributed by atoms with Crippen molar-refractivity contribution in [1.82, 2.24) is 0 Å². The maximum Gasteiger partial charge on any atom is 0.352 e. The van der Waals surface area contributed by atoms with E-state index in [9.17, 15) is 8.78 Å². The van der Waals surface area contributed by atoms with Crippen molar-refractivity contribution in [2.75, 3.05) is 13.2 Å². The van der Waals surface area contributed by atoms with Gasteiger partial charge in [0, 0.05) is 13.5 Å². The largest absolute Gasteiger partial charge is 0.352 e. The molecule has 0 aliphatic heterocycles. The molecule has 0 atom stereocenters. The number of hydrogen-bond donors (Lipinski definition) is 1. The Balaban J connectivity index is 3.11. The van der Waals surface area contributed by atoms with Crippen LogP contribution in [0, 0.1) is 0 Å². The van der Waals surface area contributed by atoms with Crippen LogP contribution >= 0.6 is 0 Å². The highest BCUT2D eigenvalue weighted by Gasteiger charge is 2.20. The fraction of sp³-hybridized carbons (Fsp3) is 1.00. The second kappa shape index (κ2) is 2.94. The average Bonchev–Trinajstić information content (AvgIpc) is 1.59. The molecule has 0 radical (unpaired) electrons. The van der Waals surface area contributed by atoms with Crippen LogP contribution in [0.15, 0.2) is 0 Å². The fourth-order valence-corrected chi connectivity index (χ4v) is 0.238. The van der Waals surface area contributed by atoms with E-state index in [1.165, 1.54) is 0 Å². The molecule has 0 aromatic carbocycles. The van der Waals surface area contributed by atoms with E-state index in [2.05, 4.69) is 4.74 Å². The SMILES string of the molecule is CC(F)(F)OCCN. The molecular formula is C4H9F2NO. The maximum absolute atomic E-state index is 11.6. The summed E-state index contributed by atoms with van der Waals surface area (Å²) >= 11 is 0. The van der Waals surface area contributed by atoms with E-state index in [0.717, 1.165) is 0 Å². The minimum atomic E-state index is -3.03. The number of halogens is 2. The molecule has 50 valence electrons. The van der Waals surface area contributed by atoms with Crippen LogP contribution in [0.25, 0.3) is 0 Å². The second-order valence-corrected chi connectivity index (χ2v) is 1.44. The summed E-state index contributed by atoms with van der Waals surface area (Å²) in [5, 5.41) is 0. The molecule has 0 bridgehead atoms. The Labute approximate surface area is 46.6 Å². The molecule has 0 heterocycles. The van der Waals surface area contributed by atoms with Crippen LogP contribution in [0.2, 0.25) is 0 Å². The summed E-state index contributed by atoms with van der Waals surface area (Å²) in [5.74, 6) is 0. The van der Waals surface area contributed by atoms with Gasteiger partial charge in [-0.05, 0) is 0 Å². The van der Waals surface area contributed by atoms with Gasteiger partial charge in [0.2, 0.25) is 0 Å². The van der Waals surface area contributed by atoms with Crippen LogP contribution < -0.4 is 5.73 Å². The zero-order valence-corrected chi connectivity index (χ0v) is 4.66. The predicted octanol–water partition coefficient (Wildman–Crippen LogP) is 0.574. The number of rotatable bonds is 3. The predicted molar refractivity (Wildman–Crippen MR) is 25.6 cm³/mol. The van der Waals surface area contributed by atoms with Crippen molar-refractivity contribution in [3.63, 3.8) is 0 Å². The van der Waals surface area contributed by atoms with Gasteiger partial charge in [-0.3, -0.25) is 0 Å². The third-order valence-corrected chi connectivity index (χ3v) is 0.473. The van der Waals surface area contributed by atoms with Crippen LogP contribution in [-0.2, 0) is 4.74 Å². The molecule has 2 N–H and O–H groups in total. The molecule has 8 heavy (non-hydrogen) atoms. The molecule has 0 spiro atoms. The first-order valence-electron chi connectivity index (χ1n) is 2.28. The van der Waals surface area contributed by atoms with Crippen molar-refractivity contribution in [2.45, 2.75) is 13.0 Å². The summed E-state index contributed by atoms with van der Waals surface area (Å²) in [6.07, 6.45) is -3.03. The van der Waals surface area contributed by atoms with Crippen molar-refractivity contribution >= 4 is 0 Å². The highest BCUT2D eigenvalue weighted by Crippen LogP contribution is 2.11. The van der Waals surface area contributed by atoms with Gasteiger partial charge < -0.3 is 10.5 Å². The van der Waals surface area contributed by atoms with Crippen molar-refractivity contribution in [2.24, 2.45) is 5.73 Å². The molecule has 4 heteroatoms. The molecule has 0 aliphatic rings. The first-order valence-corrected chi connectivity index (χ1v) is 2.28. The first kappa shape index (κ1) is 7.78. The number of hydrogen-bond acceptors (Lipinski definition) is 2. The van der Waals surface area contributed by atoms with Crippen molar-refractivity contribution in [3.8, 4) is 0 Å². The molecule has 0 aromatic rings. The summed E-state index contributed by atoms with van der Waals surface area (Å²) < 4.78 is 27.2. The van der Waals surface area contributed by atoms with E-state index in [1.807, 2.05) is 0 Å². The van der Waals surface area contributed by atoms with Gasteiger partial charge in [0.1, 0.15) is 0 Å². The Hall–Kier alpha value is -0.220. The molecule has 0 saturated heterocycles. The van der Waals surface area contributed by atoms with Crippen LogP contribution in [0.3, 0.4) is 0 Å². The zero-order chi connectivity index (χ0) is 6.62. The minimum absolute atomic E-state index is 0.0938. The first-order chi connectivity index (χ1) is 3.56. The van der Waals surface area contributed by atoms with Crippen molar-refractivity contribution in [1.29, 1.82) is 0 Å². The van der Waals surface area contributed by atoms with Crippen LogP contribution in [0.1, 0.15) is 6.92 Å². The molecule has 0 saturated carbocycles. The molecule has 0 fully saturated rings. The highest BCUT2D eigenvalue weighted by atomic mass is 19.3. The van der Waals surface area contributed by atoms with E-state index >= 15 is 0 Å². The van der Waals surface area contributed by atoms with Crippen LogP contribution in [0.5, 0.6) is 0 Å². The quantitative estimate of drug-likeness (QED) is 0.598. The van der Waals surface area contributed by atoms with Crippen LogP contribution in [0.4, 0.5) is 8.78 Å². The second-order valence-electron chi connectivity index (χ2n) is 1.44. The summed E-state index contributed by atoms with van der Waals surface area (Å²) in [5.41, 5.74) is 4.88. The zero-order valence-electron chi connectivity index (χ0n) is 4.66. The van der Waals surface area contributed by atoms with E-state index in [0.29, 0.717) is 6.92 Å². The van der Waals surface area contributed by atoms with Gasteiger partial charge in [0.25, 0.3) is 0 Å². The molecule has 0 unspecified atom stereocenters. The van der Waals surface area contributed by atoms with Crippen molar-refractivity contribution in [3.05, 3.63) is 0 Å². The summed E-state index contributed by atoms with van der Waals surface area (Å²) in [6.45, 7) is 0.718. The molecule has 0 amide bonds. The summed E-state index contributed by atoms with van der Waals surface area (Å²) in [6, 6.07) is 0. The number of ether oxygens (including phenoxy) is 1. The van der Waals surface area contributed by atoms with E-state index in [4.69, 9.17) is 5.73 Å². The maximum atomic E-state index is 11.6. The molecular weight excluding hydrogens is 116 g/mol. The van der Waals surface area contributed by atoms with Crippen molar-refractivity contribution < 1.29 is 13.5 Å². The molecule has 2 nitrogen and oxygen atoms in total. The Morgan fingerprint density at radius 3 is 2.25 bits per heavy atom. The van der Waals surface area contributed by atoms with Gasteiger partial charge in [-0.1, -0.05) is 0 Å². The topological polar surface area (TPSA) is 35.2 Å². The Morgan fingerprint density at radius 2 is 2.12 bits per heavy atom. The van der Waals surface area contributed by atoms with E-state index < -0.39 is 6.11 Å². The van der Waals surface area contributed by atoms with E-state index in [-0.39, 0.29) is 13.2 Å². The van der Waals surface area contributed by atoms with Gasteiger partial charge in [0.05, 0.1) is 6.61 Å². The smallest absolute Gasteiger partial charge is 0.328 e.